The van der Waals surface area contributed by atoms with E-state index in [1.165, 1.54) is 6.92 Å². The quantitative estimate of drug-likeness (QED) is 0.643. The van der Waals surface area contributed by atoms with Crippen molar-refractivity contribution in [3.8, 4) is 0 Å². The van der Waals surface area contributed by atoms with E-state index in [4.69, 9.17) is 6.92 Å². The van der Waals surface area contributed by atoms with E-state index in [-0.39, 0.29) is 5.91 Å². The fourth-order valence-corrected chi connectivity index (χ4v) is 0.770. The van der Waals surface area contributed by atoms with E-state index >= 15 is 0 Å². The third-order valence-corrected chi connectivity index (χ3v) is 1.23. The molecule has 2 nitrogen and oxygen atoms in total. The minimum absolute atomic E-state index is 0.0743. The zero-order valence-corrected chi connectivity index (χ0v) is 6.29. The fraction of sp³-hybridized carbons (Fsp3) is 0.111. The topological polar surface area (TPSA) is 29.1 Å². The maximum absolute atomic E-state index is 10.6. The van der Waals surface area contributed by atoms with Gasteiger partial charge in [-0.05, 0) is 24.6 Å². The third-order valence-electron chi connectivity index (χ3n) is 1.23. The molecule has 2 radical (unpaired) electrons. The summed E-state index contributed by atoms with van der Waals surface area (Å²) in [7, 11) is 0. The summed E-state index contributed by atoms with van der Waals surface area (Å²) < 4.78 is 0. The number of benzene rings is 1. The number of rotatable bonds is 1. The Hall–Kier alpha value is -1.31. The predicted octanol–water partition coefficient (Wildman–Crippen LogP) is 1.70. The highest BCUT2D eigenvalue weighted by molar-refractivity contribution is 5.88. The predicted molar refractivity (Wildman–Crippen MR) is 44.1 cm³/mol. The SMILES string of the molecule is [CH]c1ccc(NC(C)=O)cc1. The Bertz CT molecular complexity index is 251. The van der Waals surface area contributed by atoms with Gasteiger partial charge in [0.25, 0.3) is 0 Å². The molecular formula is C9H9NO. The average molecular weight is 147 g/mol. The molecule has 1 rings (SSSR count). The van der Waals surface area contributed by atoms with Crippen LogP contribution in [0.3, 0.4) is 0 Å². The summed E-state index contributed by atoms with van der Waals surface area (Å²) in [6, 6.07) is 7.00. The van der Waals surface area contributed by atoms with Crippen molar-refractivity contribution in [3.05, 3.63) is 36.8 Å². The lowest BCUT2D eigenvalue weighted by atomic mass is 10.2. The van der Waals surface area contributed by atoms with Gasteiger partial charge in [0.15, 0.2) is 0 Å². The Labute approximate surface area is 66.2 Å². The molecule has 0 saturated carbocycles. The molecule has 0 saturated heterocycles. The number of carbonyl (C=O) groups is 1. The lowest BCUT2D eigenvalue weighted by molar-refractivity contribution is -0.114. The molecule has 0 atom stereocenters. The molecular weight excluding hydrogens is 138 g/mol. The van der Waals surface area contributed by atoms with Crippen LogP contribution in [-0.2, 0) is 4.79 Å². The molecule has 1 amide bonds. The van der Waals surface area contributed by atoms with Crippen molar-refractivity contribution in [3.63, 3.8) is 0 Å². The Morgan fingerprint density at radius 3 is 2.36 bits per heavy atom. The largest absolute Gasteiger partial charge is 0.326 e. The second-order valence-electron chi connectivity index (χ2n) is 2.30. The normalized spacial score (nSPS) is 9.27. The first kappa shape index (κ1) is 7.79. The van der Waals surface area contributed by atoms with Crippen LogP contribution in [0.1, 0.15) is 12.5 Å². The van der Waals surface area contributed by atoms with Crippen molar-refractivity contribution in [1.82, 2.24) is 0 Å². The summed E-state index contributed by atoms with van der Waals surface area (Å²) in [6.07, 6.45) is 0. The fourth-order valence-electron chi connectivity index (χ4n) is 0.770. The van der Waals surface area contributed by atoms with Crippen molar-refractivity contribution in [2.45, 2.75) is 6.92 Å². The minimum atomic E-state index is -0.0743. The van der Waals surface area contributed by atoms with Gasteiger partial charge in [-0.15, -0.1) is 0 Å². The highest BCUT2D eigenvalue weighted by Crippen LogP contribution is 2.07. The molecule has 56 valence electrons. The summed E-state index contributed by atoms with van der Waals surface area (Å²) in [6.45, 7) is 6.91. The maximum Gasteiger partial charge on any atom is 0.221 e. The molecule has 0 bridgehead atoms. The smallest absolute Gasteiger partial charge is 0.221 e. The van der Waals surface area contributed by atoms with E-state index in [2.05, 4.69) is 5.32 Å². The van der Waals surface area contributed by atoms with Gasteiger partial charge in [-0.3, -0.25) is 4.79 Å². The van der Waals surface area contributed by atoms with Crippen LogP contribution in [0.5, 0.6) is 0 Å². The van der Waals surface area contributed by atoms with Gasteiger partial charge < -0.3 is 5.32 Å². The van der Waals surface area contributed by atoms with Crippen LogP contribution < -0.4 is 5.32 Å². The van der Waals surface area contributed by atoms with Gasteiger partial charge in [-0.2, -0.15) is 0 Å². The molecule has 0 aliphatic rings. The van der Waals surface area contributed by atoms with Crippen LogP contribution in [0.25, 0.3) is 0 Å². The molecule has 0 fully saturated rings. The van der Waals surface area contributed by atoms with Gasteiger partial charge in [0.2, 0.25) is 5.91 Å². The summed E-state index contributed by atoms with van der Waals surface area (Å²) in [5.41, 5.74) is 1.46. The van der Waals surface area contributed by atoms with Crippen LogP contribution in [-0.4, -0.2) is 5.91 Å². The van der Waals surface area contributed by atoms with Crippen LogP contribution in [0.15, 0.2) is 24.3 Å². The van der Waals surface area contributed by atoms with E-state index in [1.54, 1.807) is 24.3 Å². The van der Waals surface area contributed by atoms with Gasteiger partial charge >= 0.3 is 0 Å². The molecule has 0 aromatic heterocycles. The van der Waals surface area contributed by atoms with Gasteiger partial charge in [-0.25, -0.2) is 0 Å². The van der Waals surface area contributed by atoms with Crippen molar-refractivity contribution in [2.75, 3.05) is 5.32 Å². The molecule has 0 aliphatic heterocycles. The molecule has 0 heterocycles. The van der Waals surface area contributed by atoms with Crippen LogP contribution in [0.2, 0.25) is 0 Å². The Morgan fingerprint density at radius 1 is 1.36 bits per heavy atom. The van der Waals surface area contributed by atoms with Gasteiger partial charge in [-0.1, -0.05) is 12.1 Å². The lowest BCUT2D eigenvalue weighted by Crippen LogP contribution is -2.05. The summed E-state index contributed by atoms with van der Waals surface area (Å²) in [5.74, 6) is -0.0743. The van der Waals surface area contributed by atoms with Crippen molar-refractivity contribution in [2.24, 2.45) is 0 Å². The first-order chi connectivity index (χ1) is 5.18. The summed E-state index contributed by atoms with van der Waals surface area (Å²) in [4.78, 5) is 10.6. The highest BCUT2D eigenvalue weighted by Gasteiger charge is 1.92. The molecule has 0 unspecified atom stereocenters. The van der Waals surface area contributed by atoms with Crippen molar-refractivity contribution < 1.29 is 4.79 Å². The van der Waals surface area contributed by atoms with E-state index in [0.717, 1.165) is 5.69 Å². The van der Waals surface area contributed by atoms with E-state index in [1.807, 2.05) is 0 Å². The van der Waals surface area contributed by atoms with E-state index < -0.39 is 0 Å². The number of amides is 1. The summed E-state index contributed by atoms with van der Waals surface area (Å²) in [5, 5.41) is 2.64. The molecule has 0 spiro atoms. The van der Waals surface area contributed by atoms with Gasteiger partial charge in [0, 0.05) is 12.6 Å². The standard InChI is InChI=1S/C9H9NO/c1-7-3-5-9(6-4-7)10-8(2)11/h1,3-6H,2H3,(H,10,11). The first-order valence-electron chi connectivity index (χ1n) is 3.31. The number of hydrogen-bond donors (Lipinski definition) is 1. The van der Waals surface area contributed by atoms with Gasteiger partial charge in [0.1, 0.15) is 0 Å². The van der Waals surface area contributed by atoms with E-state index in [9.17, 15) is 4.79 Å². The molecule has 2 heteroatoms. The maximum atomic E-state index is 10.6. The second kappa shape index (κ2) is 3.19. The highest BCUT2D eigenvalue weighted by atomic mass is 16.1. The number of nitrogens with one attached hydrogen (secondary N) is 1. The molecule has 11 heavy (non-hydrogen) atoms. The van der Waals surface area contributed by atoms with Crippen LogP contribution in [0.4, 0.5) is 5.69 Å². The molecule has 1 aromatic carbocycles. The molecule has 1 aromatic rings. The zero-order chi connectivity index (χ0) is 8.27. The van der Waals surface area contributed by atoms with Crippen LogP contribution in [0, 0.1) is 6.92 Å². The number of hydrogen-bond acceptors (Lipinski definition) is 1. The van der Waals surface area contributed by atoms with Crippen LogP contribution >= 0.6 is 0 Å². The Kier molecular flexibility index (Phi) is 2.26. The lowest BCUT2D eigenvalue weighted by Gasteiger charge is -2.00. The second-order valence-corrected chi connectivity index (χ2v) is 2.30. The summed E-state index contributed by atoms with van der Waals surface area (Å²) >= 11 is 0. The van der Waals surface area contributed by atoms with E-state index in [0.29, 0.717) is 5.56 Å². The number of anilines is 1. The average Bonchev–Trinajstić information content (AvgIpc) is 1.93. The minimum Gasteiger partial charge on any atom is -0.326 e. The van der Waals surface area contributed by atoms with Crippen molar-refractivity contribution in [1.29, 1.82) is 0 Å². The zero-order valence-electron chi connectivity index (χ0n) is 6.29. The first-order valence-corrected chi connectivity index (χ1v) is 3.31. The monoisotopic (exact) mass is 147 g/mol. The molecule has 1 N–H and O–H groups in total. The Morgan fingerprint density at radius 2 is 1.91 bits per heavy atom. The Balaban J connectivity index is 2.74. The third kappa shape index (κ3) is 2.42. The molecule has 0 aliphatic carbocycles. The van der Waals surface area contributed by atoms with Crippen molar-refractivity contribution >= 4 is 11.6 Å². The van der Waals surface area contributed by atoms with Gasteiger partial charge in [0.05, 0.1) is 0 Å². The number of carbonyl (C=O) groups excluding carboxylic acids is 1.